The van der Waals surface area contributed by atoms with E-state index in [1.165, 1.54) is 0 Å². The van der Waals surface area contributed by atoms with Crippen LogP contribution in [0.15, 0.2) is 41.2 Å². The summed E-state index contributed by atoms with van der Waals surface area (Å²) in [5, 5.41) is 10.2. The molecule has 2 aromatic heterocycles. The summed E-state index contributed by atoms with van der Waals surface area (Å²) in [6, 6.07) is 7.42. The number of amides is 1. The van der Waals surface area contributed by atoms with Crippen molar-refractivity contribution < 1.29 is 14.1 Å². The van der Waals surface area contributed by atoms with E-state index in [1.54, 1.807) is 12.4 Å². The van der Waals surface area contributed by atoms with Gasteiger partial charge in [-0.15, -0.1) is 0 Å². The number of aromatic amines is 1. The number of benzene rings is 1. The molecule has 1 amide bonds. The number of aryl methyl sites for hydroxylation is 2. The van der Waals surface area contributed by atoms with E-state index in [-0.39, 0.29) is 5.91 Å². The van der Waals surface area contributed by atoms with Crippen molar-refractivity contribution in [3.05, 3.63) is 53.5 Å². The van der Waals surface area contributed by atoms with E-state index >= 15 is 0 Å². The second-order valence-electron chi connectivity index (χ2n) is 7.17. The number of hydrogen-bond donors (Lipinski definition) is 3. The molecule has 29 heavy (non-hydrogen) atoms. The minimum Gasteiger partial charge on any atom is -0.492 e. The molecule has 7 nitrogen and oxygen atoms in total. The van der Waals surface area contributed by atoms with E-state index in [1.807, 2.05) is 24.3 Å². The first-order chi connectivity index (χ1) is 14.3. The largest absolute Gasteiger partial charge is 0.492 e. The van der Waals surface area contributed by atoms with Crippen molar-refractivity contribution in [2.45, 2.75) is 32.6 Å². The lowest BCUT2D eigenvalue weighted by molar-refractivity contribution is 0.102. The van der Waals surface area contributed by atoms with Crippen LogP contribution in [0.2, 0.25) is 0 Å². The van der Waals surface area contributed by atoms with Crippen molar-refractivity contribution in [3.63, 3.8) is 0 Å². The van der Waals surface area contributed by atoms with Gasteiger partial charge in [0, 0.05) is 29.7 Å². The number of hydrogen-bond acceptors (Lipinski definition) is 5. The summed E-state index contributed by atoms with van der Waals surface area (Å²) in [5.41, 5.74) is 4.18. The Morgan fingerprint density at radius 1 is 1.24 bits per heavy atom. The number of aromatic nitrogens is 2. The van der Waals surface area contributed by atoms with Gasteiger partial charge in [-0.25, -0.2) is 0 Å². The maximum atomic E-state index is 12.9. The molecule has 0 radical (unpaired) electrons. The third-order valence-electron chi connectivity index (χ3n) is 5.04. The number of H-pyrrole nitrogens is 1. The molecule has 0 fully saturated rings. The van der Waals surface area contributed by atoms with Gasteiger partial charge in [-0.3, -0.25) is 4.79 Å². The van der Waals surface area contributed by atoms with Gasteiger partial charge >= 0.3 is 0 Å². The Labute approximate surface area is 169 Å². The van der Waals surface area contributed by atoms with Gasteiger partial charge in [-0.05, 0) is 56.5 Å². The Balaban J connectivity index is 1.42. The summed E-state index contributed by atoms with van der Waals surface area (Å²) in [5.74, 6) is 1.30. The average Bonchev–Trinajstić information content (AvgIpc) is 3.32. The molecule has 1 aromatic carbocycles. The lowest BCUT2D eigenvalue weighted by Crippen LogP contribution is -2.21. The van der Waals surface area contributed by atoms with Crippen LogP contribution in [-0.2, 0) is 12.8 Å². The van der Waals surface area contributed by atoms with Crippen LogP contribution in [0.1, 0.15) is 41.4 Å². The fourth-order valence-corrected chi connectivity index (χ4v) is 3.58. The number of carbonyl (C=O) groups excluding carboxylic acids is 1. The number of ether oxygens (including phenoxy) is 1. The molecule has 0 bridgehead atoms. The summed E-state index contributed by atoms with van der Waals surface area (Å²) in [4.78, 5) is 16.2. The van der Waals surface area contributed by atoms with Gasteiger partial charge < -0.3 is 24.9 Å². The lowest BCUT2D eigenvalue weighted by Gasteiger charge is -2.09. The highest BCUT2D eigenvalue weighted by molar-refractivity contribution is 6.09. The van der Waals surface area contributed by atoms with Gasteiger partial charge in [0.25, 0.3) is 5.91 Å². The highest BCUT2D eigenvalue weighted by Crippen LogP contribution is 2.35. The predicted molar refractivity (Wildman–Crippen MR) is 111 cm³/mol. The average molecular weight is 394 g/mol. The van der Waals surface area contributed by atoms with Crippen molar-refractivity contribution in [2.24, 2.45) is 0 Å². The summed E-state index contributed by atoms with van der Waals surface area (Å²) in [6.07, 6.45) is 7.38. The van der Waals surface area contributed by atoms with E-state index in [4.69, 9.17) is 9.26 Å². The topological polar surface area (TPSA) is 92.2 Å². The summed E-state index contributed by atoms with van der Waals surface area (Å²) in [7, 11) is 0. The van der Waals surface area contributed by atoms with Gasteiger partial charge in [0.2, 0.25) is 0 Å². The Bertz CT molecular complexity index is 959. The minimum atomic E-state index is -0.177. The van der Waals surface area contributed by atoms with Gasteiger partial charge in [-0.2, -0.15) is 0 Å². The number of carbonyl (C=O) groups is 1. The van der Waals surface area contributed by atoms with Crippen molar-refractivity contribution in [3.8, 4) is 17.1 Å². The standard InChI is InChI=1S/C22H26N4O3/c1-2-10-23-11-12-28-17-8-6-16(7-9-17)26-22(27)18-14-24-19-5-3-4-15-13-25-29-21(15)20(18)19/h6-9,13-14,23-24H,2-5,10-12H2,1H3,(H,26,27). The van der Waals surface area contributed by atoms with Gasteiger partial charge in [0.15, 0.2) is 5.76 Å². The van der Waals surface area contributed by atoms with Crippen LogP contribution in [0.5, 0.6) is 5.75 Å². The molecule has 4 rings (SSSR count). The van der Waals surface area contributed by atoms with Crippen molar-refractivity contribution in [1.82, 2.24) is 15.5 Å². The van der Waals surface area contributed by atoms with Crippen molar-refractivity contribution >= 4 is 11.6 Å². The lowest BCUT2D eigenvalue weighted by atomic mass is 10.1. The van der Waals surface area contributed by atoms with Gasteiger partial charge in [0.1, 0.15) is 12.4 Å². The number of anilines is 1. The smallest absolute Gasteiger partial charge is 0.257 e. The molecule has 1 aliphatic carbocycles. The highest BCUT2D eigenvalue weighted by Gasteiger charge is 2.26. The molecular weight excluding hydrogens is 368 g/mol. The Morgan fingerprint density at radius 2 is 2.10 bits per heavy atom. The summed E-state index contributed by atoms with van der Waals surface area (Å²) < 4.78 is 11.2. The second kappa shape index (κ2) is 8.96. The number of nitrogens with one attached hydrogen (secondary N) is 3. The molecule has 1 aliphatic rings. The molecule has 7 heteroatoms. The van der Waals surface area contributed by atoms with E-state index in [2.05, 4.69) is 27.7 Å². The van der Waals surface area contributed by atoms with Crippen molar-refractivity contribution in [1.29, 1.82) is 0 Å². The molecule has 152 valence electrons. The van der Waals surface area contributed by atoms with Crippen LogP contribution in [0, 0.1) is 0 Å². The maximum absolute atomic E-state index is 12.9. The molecule has 0 saturated carbocycles. The van der Waals surface area contributed by atoms with E-state index in [0.29, 0.717) is 23.6 Å². The third kappa shape index (κ3) is 4.35. The number of fused-ring (bicyclic) bond motifs is 3. The monoisotopic (exact) mass is 394 g/mol. The van der Waals surface area contributed by atoms with Crippen LogP contribution in [-0.4, -0.2) is 35.7 Å². The van der Waals surface area contributed by atoms with Crippen LogP contribution in [0.3, 0.4) is 0 Å². The summed E-state index contributed by atoms with van der Waals surface area (Å²) >= 11 is 0. The van der Waals surface area contributed by atoms with E-state index < -0.39 is 0 Å². The molecule has 2 heterocycles. The zero-order valence-corrected chi connectivity index (χ0v) is 16.6. The van der Waals surface area contributed by atoms with Crippen molar-refractivity contribution in [2.75, 3.05) is 25.0 Å². The predicted octanol–water partition coefficient (Wildman–Crippen LogP) is 3.79. The Kier molecular flexibility index (Phi) is 5.95. The SMILES string of the molecule is CCCNCCOc1ccc(NC(=O)c2c[nH]c3c2-c2oncc2CCC3)cc1. The zero-order chi connectivity index (χ0) is 20.1. The highest BCUT2D eigenvalue weighted by atomic mass is 16.5. The minimum absolute atomic E-state index is 0.177. The zero-order valence-electron chi connectivity index (χ0n) is 16.6. The van der Waals surface area contributed by atoms with Crippen LogP contribution in [0.4, 0.5) is 5.69 Å². The summed E-state index contributed by atoms with van der Waals surface area (Å²) in [6.45, 7) is 4.55. The molecule has 0 spiro atoms. The molecule has 0 unspecified atom stereocenters. The Hall–Kier alpha value is -3.06. The fourth-order valence-electron chi connectivity index (χ4n) is 3.58. The first-order valence-corrected chi connectivity index (χ1v) is 10.2. The molecule has 0 atom stereocenters. The first-order valence-electron chi connectivity index (χ1n) is 10.2. The van der Waals surface area contributed by atoms with Gasteiger partial charge in [-0.1, -0.05) is 12.1 Å². The third-order valence-corrected chi connectivity index (χ3v) is 5.04. The van der Waals surface area contributed by atoms with E-state index in [0.717, 1.165) is 61.3 Å². The first kappa shape index (κ1) is 19.3. The molecular formula is C22H26N4O3. The van der Waals surface area contributed by atoms with Crippen LogP contribution < -0.4 is 15.4 Å². The molecule has 0 aliphatic heterocycles. The van der Waals surface area contributed by atoms with Gasteiger partial charge in [0.05, 0.1) is 17.3 Å². The Morgan fingerprint density at radius 3 is 2.93 bits per heavy atom. The maximum Gasteiger partial charge on any atom is 0.257 e. The second-order valence-corrected chi connectivity index (χ2v) is 7.17. The van der Waals surface area contributed by atoms with Crippen LogP contribution in [0.25, 0.3) is 11.3 Å². The normalized spacial score (nSPS) is 12.7. The quantitative estimate of drug-likeness (QED) is 0.506. The number of nitrogens with zero attached hydrogens (tertiary/aromatic N) is 1. The van der Waals surface area contributed by atoms with E-state index in [9.17, 15) is 4.79 Å². The molecule has 3 aromatic rings. The number of rotatable bonds is 8. The molecule has 0 saturated heterocycles. The fraction of sp³-hybridized carbons (Fsp3) is 0.364. The van der Waals surface area contributed by atoms with Crippen LogP contribution >= 0.6 is 0 Å². The molecule has 3 N–H and O–H groups in total.